The highest BCUT2D eigenvalue weighted by Gasteiger charge is 2.22. The molecule has 1 amide bonds. The van der Waals surface area contributed by atoms with Crippen LogP contribution in [0.1, 0.15) is 37.6 Å². The van der Waals surface area contributed by atoms with Gasteiger partial charge in [0.15, 0.2) is 0 Å². The predicted octanol–water partition coefficient (Wildman–Crippen LogP) is 2.09. The maximum atomic E-state index is 12.3. The number of carbonyl (C=O) groups is 2. The molecule has 1 aromatic rings. The van der Waals surface area contributed by atoms with E-state index in [9.17, 15) is 14.7 Å². The largest absolute Gasteiger partial charge is 0.497 e. The lowest BCUT2D eigenvalue weighted by Crippen LogP contribution is -2.42. The summed E-state index contributed by atoms with van der Waals surface area (Å²) in [5.74, 6) is -0.740. The number of nitrogens with one attached hydrogen (secondary N) is 1. The first-order valence-electron chi connectivity index (χ1n) is 7.57. The molecule has 0 fully saturated rings. The third kappa shape index (κ3) is 6.45. The van der Waals surface area contributed by atoms with E-state index in [-0.39, 0.29) is 24.2 Å². The molecule has 0 saturated heterocycles. The molecule has 0 radical (unpaired) electrons. The minimum atomic E-state index is -1.12. The van der Waals surface area contributed by atoms with Crippen molar-refractivity contribution in [1.29, 1.82) is 0 Å². The highest BCUT2D eigenvalue weighted by molar-refractivity contribution is 5.97. The van der Waals surface area contributed by atoms with Crippen LogP contribution in [-0.4, -0.2) is 49.5 Å². The standard InChI is InChI=1S/C17H25NO6/c1-17(2,3)24-7-6-14(16(20)21)18-15(19)11-8-12(22-4)10-13(9-11)23-5/h8-10,14H,6-7H2,1-5H3,(H,18,19)(H,20,21). The summed E-state index contributed by atoms with van der Waals surface area (Å²) in [5.41, 5.74) is -0.109. The lowest BCUT2D eigenvalue weighted by Gasteiger charge is -2.21. The highest BCUT2D eigenvalue weighted by Crippen LogP contribution is 2.22. The summed E-state index contributed by atoms with van der Waals surface area (Å²) in [6.07, 6.45) is 0.166. The molecular weight excluding hydrogens is 314 g/mol. The summed E-state index contributed by atoms with van der Waals surface area (Å²) in [5, 5.41) is 11.8. The number of amides is 1. The second kappa shape index (κ2) is 8.54. The van der Waals surface area contributed by atoms with Crippen LogP contribution in [0, 0.1) is 0 Å². The first kappa shape index (κ1) is 19.8. The lowest BCUT2D eigenvalue weighted by atomic mass is 10.1. The van der Waals surface area contributed by atoms with Crippen molar-refractivity contribution >= 4 is 11.9 Å². The van der Waals surface area contributed by atoms with Gasteiger partial charge >= 0.3 is 5.97 Å². The lowest BCUT2D eigenvalue weighted by molar-refractivity contribution is -0.140. The van der Waals surface area contributed by atoms with Crippen molar-refractivity contribution in [1.82, 2.24) is 5.32 Å². The molecule has 0 bridgehead atoms. The summed E-state index contributed by atoms with van der Waals surface area (Å²) in [7, 11) is 2.95. The molecule has 134 valence electrons. The minimum Gasteiger partial charge on any atom is -0.497 e. The Hall–Kier alpha value is -2.28. The van der Waals surface area contributed by atoms with Gasteiger partial charge in [0.25, 0.3) is 5.91 Å². The van der Waals surface area contributed by atoms with Crippen LogP contribution in [0.5, 0.6) is 11.5 Å². The van der Waals surface area contributed by atoms with E-state index in [2.05, 4.69) is 5.32 Å². The number of aliphatic carboxylic acids is 1. The van der Waals surface area contributed by atoms with Crippen LogP contribution in [0.3, 0.4) is 0 Å². The zero-order valence-electron chi connectivity index (χ0n) is 14.7. The Kier molecular flexibility index (Phi) is 7.03. The fraction of sp³-hybridized carbons (Fsp3) is 0.529. The van der Waals surface area contributed by atoms with Gasteiger partial charge in [0.2, 0.25) is 0 Å². The Morgan fingerprint density at radius 2 is 1.67 bits per heavy atom. The molecule has 0 aliphatic carbocycles. The topological polar surface area (TPSA) is 94.1 Å². The average Bonchev–Trinajstić information content (AvgIpc) is 2.51. The summed E-state index contributed by atoms with van der Waals surface area (Å²) in [6, 6.07) is 3.62. The molecule has 1 unspecified atom stereocenters. The van der Waals surface area contributed by atoms with Gasteiger partial charge in [0, 0.05) is 24.7 Å². The molecule has 0 aliphatic heterocycles. The van der Waals surface area contributed by atoms with Gasteiger partial charge in [0.05, 0.1) is 19.8 Å². The number of ether oxygens (including phenoxy) is 3. The maximum Gasteiger partial charge on any atom is 0.326 e. The normalized spacial score (nSPS) is 12.4. The van der Waals surface area contributed by atoms with E-state index >= 15 is 0 Å². The predicted molar refractivity (Wildman–Crippen MR) is 88.8 cm³/mol. The van der Waals surface area contributed by atoms with Crippen molar-refractivity contribution in [3.05, 3.63) is 23.8 Å². The van der Waals surface area contributed by atoms with Gasteiger partial charge in [-0.15, -0.1) is 0 Å². The second-order valence-electron chi connectivity index (χ2n) is 6.22. The van der Waals surface area contributed by atoms with Gasteiger partial charge < -0.3 is 24.6 Å². The number of benzene rings is 1. The number of carboxylic acids is 1. The van der Waals surface area contributed by atoms with Crippen molar-refractivity contribution < 1.29 is 28.9 Å². The number of rotatable bonds is 8. The SMILES string of the molecule is COc1cc(OC)cc(C(=O)NC(CCOC(C)(C)C)C(=O)O)c1. The smallest absolute Gasteiger partial charge is 0.326 e. The summed E-state index contributed by atoms with van der Waals surface area (Å²) in [6.45, 7) is 5.86. The summed E-state index contributed by atoms with van der Waals surface area (Å²) < 4.78 is 15.7. The molecule has 1 rings (SSSR count). The highest BCUT2D eigenvalue weighted by atomic mass is 16.5. The molecule has 24 heavy (non-hydrogen) atoms. The Labute approximate surface area is 141 Å². The number of methoxy groups -OCH3 is 2. The molecule has 0 spiro atoms. The first-order chi connectivity index (χ1) is 11.2. The van der Waals surface area contributed by atoms with Crippen LogP contribution in [-0.2, 0) is 9.53 Å². The first-order valence-corrected chi connectivity index (χ1v) is 7.57. The maximum absolute atomic E-state index is 12.3. The van der Waals surface area contributed by atoms with Crippen LogP contribution in [0.4, 0.5) is 0 Å². The zero-order valence-corrected chi connectivity index (χ0v) is 14.7. The minimum absolute atomic E-state index is 0.166. The summed E-state index contributed by atoms with van der Waals surface area (Å²) in [4.78, 5) is 23.7. The monoisotopic (exact) mass is 339 g/mol. The van der Waals surface area contributed by atoms with E-state index < -0.39 is 17.9 Å². The van der Waals surface area contributed by atoms with E-state index in [1.54, 1.807) is 6.07 Å². The van der Waals surface area contributed by atoms with Gasteiger partial charge in [-0.25, -0.2) is 4.79 Å². The molecule has 2 N–H and O–H groups in total. The number of carboxylic acid groups (broad SMARTS) is 1. The number of hydrogen-bond donors (Lipinski definition) is 2. The van der Waals surface area contributed by atoms with Gasteiger partial charge in [-0.2, -0.15) is 0 Å². The summed E-state index contributed by atoms with van der Waals surface area (Å²) >= 11 is 0. The van der Waals surface area contributed by atoms with Crippen molar-refractivity contribution in [3.63, 3.8) is 0 Å². The van der Waals surface area contributed by atoms with Crippen molar-refractivity contribution in [2.45, 2.75) is 38.8 Å². The van der Waals surface area contributed by atoms with Crippen LogP contribution < -0.4 is 14.8 Å². The van der Waals surface area contributed by atoms with E-state index in [0.717, 1.165) is 0 Å². The third-order valence-electron chi connectivity index (χ3n) is 3.16. The van der Waals surface area contributed by atoms with Gasteiger partial charge in [-0.05, 0) is 32.9 Å². The second-order valence-corrected chi connectivity index (χ2v) is 6.22. The van der Waals surface area contributed by atoms with Crippen molar-refractivity contribution in [2.75, 3.05) is 20.8 Å². The molecule has 7 heteroatoms. The zero-order chi connectivity index (χ0) is 18.3. The Balaban J connectivity index is 2.80. The average molecular weight is 339 g/mol. The number of carbonyl (C=O) groups excluding carboxylic acids is 1. The third-order valence-corrected chi connectivity index (χ3v) is 3.16. The van der Waals surface area contributed by atoms with Crippen LogP contribution in [0.2, 0.25) is 0 Å². The van der Waals surface area contributed by atoms with Crippen LogP contribution in [0.25, 0.3) is 0 Å². The molecule has 1 aromatic carbocycles. The molecule has 1 atom stereocenters. The van der Waals surface area contributed by atoms with E-state index in [0.29, 0.717) is 11.5 Å². The molecular formula is C17H25NO6. The van der Waals surface area contributed by atoms with Crippen molar-refractivity contribution in [3.8, 4) is 11.5 Å². The number of hydrogen-bond acceptors (Lipinski definition) is 5. The van der Waals surface area contributed by atoms with Crippen LogP contribution >= 0.6 is 0 Å². The van der Waals surface area contributed by atoms with E-state index in [1.165, 1.54) is 26.4 Å². The van der Waals surface area contributed by atoms with Crippen molar-refractivity contribution in [2.24, 2.45) is 0 Å². The molecule has 0 heterocycles. The Morgan fingerprint density at radius 1 is 1.12 bits per heavy atom. The molecule has 0 aliphatic rings. The Bertz CT molecular complexity index is 557. The molecule has 7 nitrogen and oxygen atoms in total. The van der Waals surface area contributed by atoms with Gasteiger partial charge in [-0.3, -0.25) is 4.79 Å². The fourth-order valence-electron chi connectivity index (χ4n) is 1.92. The quantitative estimate of drug-likeness (QED) is 0.753. The fourth-order valence-corrected chi connectivity index (χ4v) is 1.92. The Morgan fingerprint density at radius 3 is 2.08 bits per heavy atom. The van der Waals surface area contributed by atoms with E-state index in [4.69, 9.17) is 14.2 Å². The molecule has 0 aromatic heterocycles. The molecule has 0 saturated carbocycles. The van der Waals surface area contributed by atoms with Gasteiger partial charge in [-0.1, -0.05) is 0 Å². The van der Waals surface area contributed by atoms with E-state index in [1.807, 2.05) is 20.8 Å². The van der Waals surface area contributed by atoms with Gasteiger partial charge in [0.1, 0.15) is 17.5 Å². The van der Waals surface area contributed by atoms with Crippen LogP contribution in [0.15, 0.2) is 18.2 Å².